The highest BCUT2D eigenvalue weighted by atomic mass is 79.9. The van der Waals surface area contributed by atoms with Crippen LogP contribution in [0, 0.1) is 5.41 Å². The molecule has 0 spiro atoms. The predicted octanol–water partition coefficient (Wildman–Crippen LogP) is 4.90. The van der Waals surface area contributed by atoms with Gasteiger partial charge in [-0.2, -0.15) is 0 Å². The van der Waals surface area contributed by atoms with Crippen LogP contribution >= 0.6 is 38.9 Å². The number of nitrogens with one attached hydrogen (secondary N) is 2. The summed E-state index contributed by atoms with van der Waals surface area (Å²) in [5.74, 6) is -0.502. The molecule has 2 aromatic carbocycles. The molecule has 0 bridgehead atoms. The van der Waals surface area contributed by atoms with Crippen molar-refractivity contribution in [2.75, 3.05) is 11.2 Å². The lowest BCUT2D eigenvalue weighted by atomic mass is 9.94. The van der Waals surface area contributed by atoms with Crippen LogP contribution in [-0.2, 0) is 16.0 Å². The van der Waals surface area contributed by atoms with Crippen molar-refractivity contribution >= 4 is 55.8 Å². The molecule has 9 heteroatoms. The van der Waals surface area contributed by atoms with Crippen LogP contribution in [0.1, 0.15) is 19.4 Å². The van der Waals surface area contributed by atoms with Gasteiger partial charge in [0.05, 0.1) is 5.41 Å². The Morgan fingerprint density at radius 1 is 1.10 bits per heavy atom. The molecule has 0 aliphatic carbocycles. The zero-order valence-corrected chi connectivity index (χ0v) is 20.2. The lowest BCUT2D eigenvalue weighted by Crippen LogP contribution is -2.50. The Morgan fingerprint density at radius 2 is 1.77 bits per heavy atom. The second-order valence-corrected chi connectivity index (χ2v) is 9.80. The van der Waals surface area contributed by atoms with Gasteiger partial charge in [0, 0.05) is 22.3 Å². The molecule has 3 rings (SSSR count). The largest absolute Gasteiger partial charge is 0.343 e. The highest BCUT2D eigenvalue weighted by molar-refractivity contribution is 9.10. The Labute approximate surface area is 198 Å². The van der Waals surface area contributed by atoms with Crippen LogP contribution in [-0.4, -0.2) is 33.9 Å². The van der Waals surface area contributed by atoms with Gasteiger partial charge in [-0.25, -0.2) is 0 Å². The van der Waals surface area contributed by atoms with Crippen molar-refractivity contribution in [2.24, 2.45) is 5.41 Å². The van der Waals surface area contributed by atoms with Gasteiger partial charge in [0.25, 0.3) is 0 Å². The summed E-state index contributed by atoms with van der Waals surface area (Å²) in [6.45, 7) is 3.48. The lowest BCUT2D eigenvalue weighted by Gasteiger charge is -2.25. The Morgan fingerprint density at radius 3 is 2.42 bits per heavy atom. The van der Waals surface area contributed by atoms with Gasteiger partial charge in [0.2, 0.25) is 16.9 Å². The molecule has 0 fully saturated rings. The van der Waals surface area contributed by atoms with Crippen molar-refractivity contribution < 1.29 is 9.59 Å². The highest BCUT2D eigenvalue weighted by Gasteiger charge is 2.31. The van der Waals surface area contributed by atoms with Crippen LogP contribution in [0.2, 0.25) is 0 Å². The van der Waals surface area contributed by atoms with Gasteiger partial charge in [0.1, 0.15) is 11.0 Å². The molecular formula is C22H22BrClN4O2S. The maximum absolute atomic E-state index is 13.0. The van der Waals surface area contributed by atoms with Crippen LogP contribution in [0.25, 0.3) is 10.6 Å². The molecule has 0 aliphatic heterocycles. The van der Waals surface area contributed by atoms with Gasteiger partial charge in [-0.15, -0.1) is 21.8 Å². The molecule has 0 saturated carbocycles. The van der Waals surface area contributed by atoms with Crippen LogP contribution in [0.5, 0.6) is 0 Å². The van der Waals surface area contributed by atoms with Crippen LogP contribution in [0.4, 0.5) is 5.13 Å². The number of hydrogen-bond acceptors (Lipinski definition) is 5. The van der Waals surface area contributed by atoms with Crippen LogP contribution < -0.4 is 10.6 Å². The van der Waals surface area contributed by atoms with Crippen molar-refractivity contribution in [3.05, 3.63) is 64.6 Å². The molecule has 162 valence electrons. The van der Waals surface area contributed by atoms with Gasteiger partial charge in [0.15, 0.2) is 0 Å². The molecule has 31 heavy (non-hydrogen) atoms. The summed E-state index contributed by atoms with van der Waals surface area (Å²) in [4.78, 5) is 25.7. The molecule has 1 heterocycles. The summed E-state index contributed by atoms with van der Waals surface area (Å²) < 4.78 is 0.966. The molecule has 0 saturated heterocycles. The molecule has 6 nitrogen and oxygen atoms in total. The lowest BCUT2D eigenvalue weighted by molar-refractivity contribution is -0.131. The third kappa shape index (κ3) is 6.35. The quantitative estimate of drug-likeness (QED) is 0.413. The van der Waals surface area contributed by atoms with Gasteiger partial charge in [-0.1, -0.05) is 69.7 Å². The van der Waals surface area contributed by atoms with Crippen LogP contribution in [0.15, 0.2) is 59.1 Å². The van der Waals surface area contributed by atoms with E-state index in [1.165, 1.54) is 11.3 Å². The molecule has 2 N–H and O–H groups in total. The van der Waals surface area contributed by atoms with Gasteiger partial charge < -0.3 is 5.32 Å². The monoisotopic (exact) mass is 520 g/mol. The summed E-state index contributed by atoms with van der Waals surface area (Å²) in [7, 11) is 0. The summed E-state index contributed by atoms with van der Waals surface area (Å²) in [5, 5.41) is 14.9. The SMILES string of the molecule is CC(C)(CCl)C(=O)NC(Cc1ccccc1)C(=O)Nc1nnc(-c2ccc(Br)cc2)s1. The van der Waals surface area contributed by atoms with E-state index < -0.39 is 11.5 Å². The minimum absolute atomic E-state index is 0.144. The zero-order chi connectivity index (χ0) is 22.4. The van der Waals surface area contributed by atoms with E-state index in [2.05, 4.69) is 36.8 Å². The van der Waals surface area contributed by atoms with Crippen molar-refractivity contribution in [3.63, 3.8) is 0 Å². The van der Waals surface area contributed by atoms with Crippen molar-refractivity contribution in [2.45, 2.75) is 26.3 Å². The fraction of sp³-hybridized carbons (Fsp3) is 0.273. The second-order valence-electron chi connectivity index (χ2n) is 7.64. The number of carbonyl (C=O) groups is 2. The number of hydrogen-bond donors (Lipinski definition) is 2. The first-order chi connectivity index (χ1) is 14.8. The number of amides is 2. The normalized spacial score (nSPS) is 12.3. The van der Waals surface area contributed by atoms with E-state index in [0.717, 1.165) is 15.6 Å². The fourth-order valence-corrected chi connectivity index (χ4v) is 3.79. The average Bonchev–Trinajstić information content (AvgIpc) is 3.22. The Hall–Kier alpha value is -2.29. The summed E-state index contributed by atoms with van der Waals surface area (Å²) >= 11 is 10.6. The van der Waals surface area contributed by atoms with E-state index in [9.17, 15) is 9.59 Å². The number of halogens is 2. The Balaban J connectivity index is 1.76. The molecule has 1 atom stereocenters. The molecular weight excluding hydrogens is 500 g/mol. The number of rotatable bonds is 8. The number of alkyl halides is 1. The van der Waals surface area contributed by atoms with Gasteiger partial charge in [-0.3, -0.25) is 14.9 Å². The fourth-order valence-electron chi connectivity index (χ4n) is 2.65. The van der Waals surface area contributed by atoms with E-state index in [-0.39, 0.29) is 17.7 Å². The molecule has 1 unspecified atom stereocenters. The second kappa shape index (κ2) is 10.3. The third-order valence-electron chi connectivity index (χ3n) is 4.60. The zero-order valence-electron chi connectivity index (χ0n) is 17.1. The highest BCUT2D eigenvalue weighted by Crippen LogP contribution is 2.27. The predicted molar refractivity (Wildman–Crippen MR) is 128 cm³/mol. The average molecular weight is 522 g/mol. The Bertz CT molecular complexity index is 1040. The Kier molecular flexibility index (Phi) is 7.80. The minimum Gasteiger partial charge on any atom is -0.343 e. The third-order valence-corrected chi connectivity index (χ3v) is 6.68. The van der Waals surface area contributed by atoms with E-state index in [1.54, 1.807) is 13.8 Å². The summed E-state index contributed by atoms with van der Waals surface area (Å²) in [6, 6.07) is 16.4. The maximum Gasteiger partial charge on any atom is 0.249 e. The number of carbonyl (C=O) groups excluding carboxylic acids is 2. The number of aromatic nitrogens is 2. The first kappa shape index (κ1) is 23.4. The molecule has 2 amide bonds. The van der Waals surface area contributed by atoms with Crippen molar-refractivity contribution in [3.8, 4) is 10.6 Å². The van der Waals surface area contributed by atoms with Crippen molar-refractivity contribution in [1.82, 2.24) is 15.5 Å². The van der Waals surface area contributed by atoms with Crippen LogP contribution in [0.3, 0.4) is 0 Å². The van der Waals surface area contributed by atoms with E-state index in [4.69, 9.17) is 11.6 Å². The van der Waals surface area contributed by atoms with E-state index in [0.29, 0.717) is 16.6 Å². The minimum atomic E-state index is -0.797. The number of benzene rings is 2. The number of anilines is 1. The van der Waals surface area contributed by atoms with Crippen molar-refractivity contribution in [1.29, 1.82) is 0 Å². The number of nitrogens with zero attached hydrogens (tertiary/aromatic N) is 2. The molecule has 3 aromatic rings. The molecule has 0 aliphatic rings. The maximum atomic E-state index is 13.0. The standard InChI is InChI=1S/C22H22BrClN4O2S/c1-22(2,13-24)20(30)25-17(12-14-6-4-3-5-7-14)18(29)26-21-28-27-19(31-21)15-8-10-16(23)11-9-15/h3-11,17H,12-13H2,1-2H3,(H,25,30)(H,26,28,29). The molecule has 1 aromatic heterocycles. The van der Waals surface area contributed by atoms with Gasteiger partial charge in [-0.05, 0) is 31.5 Å². The van der Waals surface area contributed by atoms with Gasteiger partial charge >= 0.3 is 0 Å². The smallest absolute Gasteiger partial charge is 0.249 e. The summed E-state index contributed by atoms with van der Waals surface area (Å²) in [6.07, 6.45) is 0.342. The first-order valence-corrected chi connectivity index (χ1v) is 11.7. The molecule has 0 radical (unpaired) electrons. The topological polar surface area (TPSA) is 84.0 Å². The van der Waals surface area contributed by atoms with E-state index in [1.807, 2.05) is 54.6 Å². The first-order valence-electron chi connectivity index (χ1n) is 9.59. The summed E-state index contributed by atoms with van der Waals surface area (Å²) in [5.41, 5.74) is 1.03. The van der Waals surface area contributed by atoms with E-state index >= 15 is 0 Å².